The molecule has 0 aliphatic carbocycles. The second kappa shape index (κ2) is 10.7. The van der Waals surface area contributed by atoms with Crippen molar-refractivity contribution in [1.82, 2.24) is 0 Å². The summed E-state index contributed by atoms with van der Waals surface area (Å²) in [5.41, 5.74) is 0. The molecular weight excluding hydrogens is 345 g/mol. The SMILES string of the molecule is CCCCCOP(=O)(OCCCCC)C(O)C(Cl)(Cl)Cl. The number of rotatable bonds is 11. The number of aliphatic hydroxyl groups excluding tert-OH is 1. The molecule has 4 nitrogen and oxygen atoms in total. The highest BCUT2D eigenvalue weighted by atomic mass is 35.6. The van der Waals surface area contributed by atoms with Crippen molar-refractivity contribution < 1.29 is 18.7 Å². The average molecular weight is 370 g/mol. The first kappa shape index (κ1) is 21.0. The van der Waals surface area contributed by atoms with Gasteiger partial charge in [-0.15, -0.1) is 0 Å². The van der Waals surface area contributed by atoms with Crippen LogP contribution in [0.4, 0.5) is 0 Å². The van der Waals surface area contributed by atoms with Gasteiger partial charge in [-0.2, -0.15) is 0 Å². The summed E-state index contributed by atoms with van der Waals surface area (Å²) in [6, 6.07) is 0. The molecule has 0 bridgehead atoms. The van der Waals surface area contributed by atoms with Gasteiger partial charge < -0.3 is 14.2 Å². The monoisotopic (exact) mass is 368 g/mol. The maximum absolute atomic E-state index is 12.5. The molecule has 0 aliphatic heterocycles. The van der Waals surface area contributed by atoms with Crippen molar-refractivity contribution in [2.75, 3.05) is 13.2 Å². The van der Waals surface area contributed by atoms with Gasteiger partial charge in [0.15, 0.2) is 0 Å². The van der Waals surface area contributed by atoms with E-state index in [9.17, 15) is 9.67 Å². The van der Waals surface area contributed by atoms with Gasteiger partial charge in [0.25, 0.3) is 0 Å². The van der Waals surface area contributed by atoms with E-state index in [1.807, 2.05) is 13.8 Å². The van der Waals surface area contributed by atoms with Crippen LogP contribution in [0.25, 0.3) is 0 Å². The van der Waals surface area contributed by atoms with Crippen LogP contribution in [-0.2, 0) is 13.6 Å². The van der Waals surface area contributed by atoms with Gasteiger partial charge in [-0.1, -0.05) is 74.3 Å². The van der Waals surface area contributed by atoms with Crippen LogP contribution in [0, 0.1) is 0 Å². The first-order valence-electron chi connectivity index (χ1n) is 6.91. The van der Waals surface area contributed by atoms with Crippen LogP contribution in [0.1, 0.15) is 52.4 Å². The summed E-state index contributed by atoms with van der Waals surface area (Å²) in [7, 11) is -3.85. The van der Waals surface area contributed by atoms with E-state index in [2.05, 4.69) is 0 Å². The molecule has 0 saturated heterocycles. The minimum Gasteiger partial charge on any atom is -0.377 e. The Labute approximate surface area is 136 Å². The Morgan fingerprint density at radius 3 is 1.70 bits per heavy atom. The van der Waals surface area contributed by atoms with Crippen LogP contribution in [0.15, 0.2) is 0 Å². The number of halogens is 3. The topological polar surface area (TPSA) is 55.8 Å². The lowest BCUT2D eigenvalue weighted by Crippen LogP contribution is -2.27. The van der Waals surface area contributed by atoms with Gasteiger partial charge in [-0.25, -0.2) is 0 Å². The van der Waals surface area contributed by atoms with Crippen molar-refractivity contribution >= 4 is 42.4 Å². The van der Waals surface area contributed by atoms with E-state index in [0.717, 1.165) is 25.7 Å². The van der Waals surface area contributed by atoms with Gasteiger partial charge in [0, 0.05) is 0 Å². The lowest BCUT2D eigenvalue weighted by Gasteiger charge is -2.27. The predicted octanol–water partition coefficient (Wildman–Crippen LogP) is 5.28. The number of alkyl halides is 3. The molecule has 122 valence electrons. The zero-order chi connectivity index (χ0) is 15.6. The molecule has 1 unspecified atom stereocenters. The van der Waals surface area contributed by atoms with Crippen LogP contribution >= 0.6 is 42.4 Å². The fraction of sp³-hybridized carbons (Fsp3) is 1.00. The summed E-state index contributed by atoms with van der Waals surface area (Å²) < 4.78 is 20.9. The van der Waals surface area contributed by atoms with E-state index in [-0.39, 0.29) is 13.2 Å². The second-order valence-corrected chi connectivity index (χ2v) is 8.99. The Hall–Kier alpha value is 0.980. The van der Waals surface area contributed by atoms with Gasteiger partial charge in [-0.05, 0) is 12.8 Å². The van der Waals surface area contributed by atoms with E-state index < -0.39 is 17.2 Å². The molecule has 0 aromatic heterocycles. The third-order valence-electron chi connectivity index (χ3n) is 2.63. The van der Waals surface area contributed by atoms with Crippen LogP contribution in [0.5, 0.6) is 0 Å². The summed E-state index contributed by atoms with van der Waals surface area (Å²) in [6.45, 7) is 4.49. The number of unbranched alkanes of at least 4 members (excludes halogenated alkanes) is 4. The number of hydrogen-bond acceptors (Lipinski definition) is 4. The molecule has 0 amide bonds. The Balaban J connectivity index is 4.54. The Morgan fingerprint density at radius 1 is 1.00 bits per heavy atom. The minimum atomic E-state index is -3.85. The van der Waals surface area contributed by atoms with E-state index >= 15 is 0 Å². The molecule has 0 aliphatic rings. The molecule has 0 radical (unpaired) electrons. The Bertz CT molecular complexity index is 281. The lowest BCUT2D eigenvalue weighted by atomic mass is 10.3. The predicted molar refractivity (Wildman–Crippen MR) is 84.9 cm³/mol. The number of hydrogen-bond donors (Lipinski definition) is 1. The zero-order valence-electron chi connectivity index (χ0n) is 12.0. The quantitative estimate of drug-likeness (QED) is 0.306. The van der Waals surface area contributed by atoms with Gasteiger partial charge >= 0.3 is 7.60 Å². The molecule has 8 heteroatoms. The van der Waals surface area contributed by atoms with Gasteiger partial charge in [0.1, 0.15) is 0 Å². The Kier molecular flexibility index (Phi) is 11.2. The summed E-state index contributed by atoms with van der Waals surface area (Å²) in [6.07, 6.45) is 5.28. The molecule has 0 aromatic carbocycles. The third-order valence-corrected chi connectivity index (χ3v) is 5.78. The zero-order valence-corrected chi connectivity index (χ0v) is 15.1. The molecule has 20 heavy (non-hydrogen) atoms. The molecule has 1 atom stereocenters. The fourth-order valence-electron chi connectivity index (χ4n) is 1.45. The van der Waals surface area contributed by atoms with Gasteiger partial charge in [0.2, 0.25) is 9.64 Å². The van der Waals surface area contributed by atoms with Crippen LogP contribution in [-0.4, -0.2) is 28.0 Å². The Morgan fingerprint density at radius 2 is 1.40 bits per heavy atom. The molecule has 0 fully saturated rings. The third kappa shape index (κ3) is 8.43. The maximum Gasteiger partial charge on any atom is 0.363 e. The van der Waals surface area contributed by atoms with E-state index in [0.29, 0.717) is 12.8 Å². The summed E-state index contributed by atoms with van der Waals surface area (Å²) >= 11 is 16.8. The molecule has 0 aromatic rings. The smallest absolute Gasteiger partial charge is 0.363 e. The summed E-state index contributed by atoms with van der Waals surface area (Å²) in [5, 5.41) is 9.91. The number of aliphatic hydroxyl groups is 1. The highest BCUT2D eigenvalue weighted by molar-refractivity contribution is 7.55. The molecule has 1 N–H and O–H groups in total. The summed E-state index contributed by atoms with van der Waals surface area (Å²) in [4.78, 5) is 0. The second-order valence-electron chi connectivity index (χ2n) is 4.54. The summed E-state index contributed by atoms with van der Waals surface area (Å²) in [5.74, 6) is -1.79. The fourth-order valence-corrected chi connectivity index (χ4v) is 4.00. The van der Waals surface area contributed by atoms with Gasteiger partial charge in [0.05, 0.1) is 13.2 Å². The van der Waals surface area contributed by atoms with Crippen molar-refractivity contribution in [3.63, 3.8) is 0 Å². The van der Waals surface area contributed by atoms with E-state index in [1.165, 1.54) is 0 Å². The molecular formula is C12H24Cl3O4P. The van der Waals surface area contributed by atoms with Crippen LogP contribution in [0.3, 0.4) is 0 Å². The highest BCUT2D eigenvalue weighted by Crippen LogP contribution is 2.59. The van der Waals surface area contributed by atoms with E-state index in [1.54, 1.807) is 0 Å². The maximum atomic E-state index is 12.5. The van der Waals surface area contributed by atoms with Crippen LogP contribution in [0.2, 0.25) is 0 Å². The van der Waals surface area contributed by atoms with Crippen molar-refractivity contribution in [3.8, 4) is 0 Å². The van der Waals surface area contributed by atoms with E-state index in [4.69, 9.17) is 43.9 Å². The molecule has 0 heterocycles. The largest absolute Gasteiger partial charge is 0.377 e. The standard InChI is InChI=1S/C12H24Cl3O4P/c1-3-5-7-9-18-20(17,11(16)12(13,14)15)19-10-8-6-4-2/h11,16H,3-10H2,1-2H3. The van der Waals surface area contributed by atoms with Crippen LogP contribution < -0.4 is 0 Å². The molecule has 0 saturated carbocycles. The van der Waals surface area contributed by atoms with Gasteiger partial charge in [-0.3, -0.25) is 4.57 Å². The van der Waals surface area contributed by atoms with Crippen molar-refractivity contribution in [1.29, 1.82) is 0 Å². The normalized spacial score (nSPS) is 14.5. The highest BCUT2D eigenvalue weighted by Gasteiger charge is 2.47. The first-order valence-corrected chi connectivity index (χ1v) is 9.66. The average Bonchev–Trinajstić information content (AvgIpc) is 2.38. The first-order chi connectivity index (χ1) is 9.28. The molecule has 0 spiro atoms. The van der Waals surface area contributed by atoms with Crippen molar-refractivity contribution in [2.24, 2.45) is 0 Å². The van der Waals surface area contributed by atoms with Crippen molar-refractivity contribution in [3.05, 3.63) is 0 Å². The lowest BCUT2D eigenvalue weighted by molar-refractivity contribution is 0.140. The molecule has 0 rings (SSSR count). The van der Waals surface area contributed by atoms with Crippen molar-refractivity contribution in [2.45, 2.75) is 62.0 Å². The minimum absolute atomic E-state index is 0.205.